The van der Waals surface area contributed by atoms with Crippen LogP contribution in [0.2, 0.25) is 10.0 Å². The number of aryl methyl sites for hydroxylation is 1. The van der Waals surface area contributed by atoms with E-state index in [9.17, 15) is 13.2 Å². The number of hydrogen-bond acceptors (Lipinski definition) is 4. The molecule has 38 heavy (non-hydrogen) atoms. The lowest BCUT2D eigenvalue weighted by atomic mass is 10.1. The lowest BCUT2D eigenvalue weighted by molar-refractivity contribution is -0.118. The number of ether oxygens (including phenoxy) is 1. The molecule has 5 aromatic rings. The maximum atomic E-state index is 12.7. The van der Waals surface area contributed by atoms with Crippen LogP contribution in [0.3, 0.4) is 0 Å². The molecule has 0 radical (unpaired) electrons. The number of nitrogens with zero attached hydrogens (tertiary/aromatic N) is 1. The Hall–Kier alpha value is -3.72. The van der Waals surface area contributed by atoms with E-state index < -0.39 is 10.0 Å². The Morgan fingerprint density at radius 2 is 1.55 bits per heavy atom. The van der Waals surface area contributed by atoms with Crippen molar-refractivity contribution in [2.45, 2.75) is 18.4 Å². The third-order valence-corrected chi connectivity index (χ3v) is 8.18. The Kier molecular flexibility index (Phi) is 7.21. The second-order valence-electron chi connectivity index (χ2n) is 8.54. The van der Waals surface area contributed by atoms with Gasteiger partial charge < -0.3 is 14.6 Å². The van der Waals surface area contributed by atoms with Crippen LogP contribution in [0.25, 0.3) is 21.8 Å². The molecule has 10 heteroatoms. The van der Waals surface area contributed by atoms with Gasteiger partial charge in [-0.05, 0) is 73.7 Å². The smallest absolute Gasteiger partial charge is 0.262 e. The van der Waals surface area contributed by atoms with Gasteiger partial charge in [-0.3, -0.25) is 9.52 Å². The van der Waals surface area contributed by atoms with Crippen LogP contribution in [0, 0.1) is 0 Å². The summed E-state index contributed by atoms with van der Waals surface area (Å²) in [5, 5.41) is 5.62. The number of aromatic nitrogens is 1. The molecule has 0 bridgehead atoms. The van der Waals surface area contributed by atoms with Gasteiger partial charge in [0.2, 0.25) is 0 Å². The Bertz CT molecular complexity index is 1770. The van der Waals surface area contributed by atoms with E-state index in [0.29, 0.717) is 16.5 Å². The maximum Gasteiger partial charge on any atom is 0.262 e. The molecule has 1 amide bonds. The van der Waals surface area contributed by atoms with Crippen molar-refractivity contribution < 1.29 is 17.9 Å². The summed E-state index contributed by atoms with van der Waals surface area (Å²) in [6.07, 6.45) is 0. The van der Waals surface area contributed by atoms with Gasteiger partial charge in [0.15, 0.2) is 6.61 Å². The minimum absolute atomic E-state index is 0.0277. The van der Waals surface area contributed by atoms with Crippen LogP contribution >= 0.6 is 23.2 Å². The second-order valence-corrected chi connectivity index (χ2v) is 11.0. The molecule has 5 rings (SSSR count). The quantitative estimate of drug-likeness (QED) is 0.212. The van der Waals surface area contributed by atoms with Gasteiger partial charge in [0.25, 0.3) is 15.9 Å². The summed E-state index contributed by atoms with van der Waals surface area (Å²) in [7, 11) is -3.85. The highest BCUT2D eigenvalue weighted by atomic mass is 35.5. The fraction of sp³-hybridized carbons (Fsp3) is 0.107. The van der Waals surface area contributed by atoms with Crippen molar-refractivity contribution in [3.63, 3.8) is 0 Å². The molecule has 2 N–H and O–H groups in total. The zero-order valence-electron chi connectivity index (χ0n) is 20.2. The Morgan fingerprint density at radius 3 is 2.29 bits per heavy atom. The molecular weight excluding hydrogens is 545 g/mol. The van der Waals surface area contributed by atoms with Gasteiger partial charge >= 0.3 is 0 Å². The molecular formula is C28H23Cl2N3O4S. The molecule has 7 nitrogen and oxygen atoms in total. The maximum absolute atomic E-state index is 12.7. The average molecular weight is 568 g/mol. The van der Waals surface area contributed by atoms with E-state index in [1.54, 1.807) is 0 Å². The van der Waals surface area contributed by atoms with Gasteiger partial charge in [-0.2, -0.15) is 0 Å². The molecule has 0 spiro atoms. The summed E-state index contributed by atoms with van der Waals surface area (Å²) in [6, 6.07) is 24.2. The van der Waals surface area contributed by atoms with Crippen LogP contribution < -0.4 is 14.8 Å². The third kappa shape index (κ3) is 5.29. The SMILES string of the molecule is CCn1c2ccccc2c2cc(NC(=O)COc3ccc(S(=O)(=O)Nc4ccc(Cl)c(Cl)c4)cc3)ccc21. The predicted octanol–water partition coefficient (Wildman–Crippen LogP) is 6.94. The molecule has 0 unspecified atom stereocenters. The first-order valence-electron chi connectivity index (χ1n) is 11.8. The Morgan fingerprint density at radius 1 is 0.842 bits per heavy atom. The second kappa shape index (κ2) is 10.6. The van der Waals surface area contributed by atoms with Gasteiger partial charge in [0, 0.05) is 34.0 Å². The number of amides is 1. The minimum Gasteiger partial charge on any atom is -0.484 e. The number of anilines is 2. The van der Waals surface area contributed by atoms with E-state index in [0.717, 1.165) is 28.4 Å². The van der Waals surface area contributed by atoms with Gasteiger partial charge in [0.1, 0.15) is 5.75 Å². The summed E-state index contributed by atoms with van der Waals surface area (Å²) >= 11 is 11.8. The fourth-order valence-electron chi connectivity index (χ4n) is 4.31. The molecule has 1 aromatic heterocycles. The van der Waals surface area contributed by atoms with Crippen molar-refractivity contribution >= 4 is 72.3 Å². The van der Waals surface area contributed by atoms with E-state index in [2.05, 4.69) is 33.7 Å². The fourth-order valence-corrected chi connectivity index (χ4v) is 5.65. The lowest BCUT2D eigenvalue weighted by Crippen LogP contribution is -2.20. The highest BCUT2D eigenvalue weighted by molar-refractivity contribution is 7.92. The monoisotopic (exact) mass is 567 g/mol. The van der Waals surface area contributed by atoms with E-state index >= 15 is 0 Å². The number of fused-ring (bicyclic) bond motifs is 3. The molecule has 0 saturated heterocycles. The molecule has 0 aliphatic rings. The van der Waals surface area contributed by atoms with Crippen LogP contribution in [-0.4, -0.2) is 25.5 Å². The molecule has 0 fully saturated rings. The van der Waals surface area contributed by atoms with E-state index in [4.69, 9.17) is 27.9 Å². The number of sulfonamides is 1. The standard InChI is InChI=1S/C28H23Cl2N3O4S/c1-2-33-26-6-4-3-5-22(26)23-15-18(8-14-27(23)33)31-28(34)17-37-20-9-11-21(12-10-20)38(35,36)32-19-7-13-24(29)25(30)16-19/h3-16,32H,2,17H2,1H3,(H,31,34). The number of carbonyl (C=O) groups excluding carboxylic acids is 1. The zero-order valence-corrected chi connectivity index (χ0v) is 22.6. The lowest BCUT2D eigenvalue weighted by Gasteiger charge is -2.11. The molecule has 0 saturated carbocycles. The summed E-state index contributed by atoms with van der Waals surface area (Å²) in [5.41, 5.74) is 3.20. The predicted molar refractivity (Wildman–Crippen MR) is 153 cm³/mol. The van der Waals surface area contributed by atoms with E-state index in [1.165, 1.54) is 42.5 Å². The van der Waals surface area contributed by atoms with Crippen molar-refractivity contribution in [3.05, 3.63) is 95.0 Å². The molecule has 0 aliphatic carbocycles. The van der Waals surface area contributed by atoms with Crippen LogP contribution in [0.4, 0.5) is 11.4 Å². The Labute approximate surface area is 230 Å². The molecule has 1 heterocycles. The van der Waals surface area contributed by atoms with Crippen molar-refractivity contribution in [1.29, 1.82) is 0 Å². The number of halogens is 2. The van der Waals surface area contributed by atoms with E-state index in [-0.39, 0.29) is 28.1 Å². The molecule has 4 aromatic carbocycles. The van der Waals surface area contributed by atoms with Crippen LogP contribution in [0.5, 0.6) is 5.75 Å². The summed E-state index contributed by atoms with van der Waals surface area (Å²) in [4.78, 5) is 12.6. The van der Waals surface area contributed by atoms with Crippen molar-refractivity contribution in [2.75, 3.05) is 16.6 Å². The van der Waals surface area contributed by atoms with E-state index in [1.807, 2.05) is 30.3 Å². The van der Waals surface area contributed by atoms with Gasteiger partial charge in [0.05, 0.1) is 20.6 Å². The molecule has 0 atom stereocenters. The number of para-hydroxylation sites is 1. The van der Waals surface area contributed by atoms with Gasteiger partial charge in [-0.1, -0.05) is 41.4 Å². The largest absolute Gasteiger partial charge is 0.484 e. The molecule has 0 aliphatic heterocycles. The first-order chi connectivity index (χ1) is 18.2. The van der Waals surface area contributed by atoms with Crippen LogP contribution in [-0.2, 0) is 21.4 Å². The number of nitrogens with one attached hydrogen (secondary N) is 2. The average Bonchev–Trinajstić information content (AvgIpc) is 3.22. The highest BCUT2D eigenvalue weighted by Gasteiger charge is 2.16. The number of carbonyl (C=O) groups is 1. The normalized spacial score (nSPS) is 11.6. The number of benzene rings is 4. The summed E-state index contributed by atoms with van der Waals surface area (Å²) < 4.78 is 35.6. The first-order valence-corrected chi connectivity index (χ1v) is 14.0. The van der Waals surface area contributed by atoms with Gasteiger partial charge in [-0.25, -0.2) is 8.42 Å². The van der Waals surface area contributed by atoms with Crippen LogP contribution in [0.15, 0.2) is 89.8 Å². The summed E-state index contributed by atoms with van der Waals surface area (Å²) in [6.45, 7) is 2.71. The summed E-state index contributed by atoms with van der Waals surface area (Å²) in [5.74, 6) is 0.0247. The zero-order chi connectivity index (χ0) is 26.9. The molecule has 194 valence electrons. The van der Waals surface area contributed by atoms with Gasteiger partial charge in [-0.15, -0.1) is 0 Å². The third-order valence-electron chi connectivity index (χ3n) is 6.05. The van der Waals surface area contributed by atoms with Crippen molar-refractivity contribution in [2.24, 2.45) is 0 Å². The van der Waals surface area contributed by atoms with Crippen molar-refractivity contribution in [1.82, 2.24) is 4.57 Å². The number of hydrogen-bond donors (Lipinski definition) is 2. The van der Waals surface area contributed by atoms with Crippen molar-refractivity contribution in [3.8, 4) is 5.75 Å². The Balaban J connectivity index is 1.23. The topological polar surface area (TPSA) is 89.4 Å². The first kappa shape index (κ1) is 25.9. The number of rotatable bonds is 8. The highest BCUT2D eigenvalue weighted by Crippen LogP contribution is 2.31. The minimum atomic E-state index is -3.85. The van der Waals surface area contributed by atoms with Crippen LogP contribution in [0.1, 0.15) is 6.92 Å².